The Morgan fingerprint density at radius 2 is 2.12 bits per heavy atom. The maximum absolute atomic E-state index is 13.5. The van der Waals surface area contributed by atoms with Gasteiger partial charge in [0.2, 0.25) is 5.89 Å². The molecule has 0 bridgehead atoms. The van der Waals surface area contributed by atoms with Crippen LogP contribution in [-0.4, -0.2) is 43.8 Å². The van der Waals surface area contributed by atoms with Crippen LogP contribution >= 0.6 is 46.7 Å². The average molecular weight is 534 g/mol. The van der Waals surface area contributed by atoms with E-state index in [4.69, 9.17) is 27.6 Å². The number of anilines is 1. The van der Waals surface area contributed by atoms with Gasteiger partial charge in [-0.3, -0.25) is 4.99 Å². The summed E-state index contributed by atoms with van der Waals surface area (Å²) in [5.74, 6) is -0.279. The van der Waals surface area contributed by atoms with E-state index in [2.05, 4.69) is 20.1 Å². The highest BCUT2D eigenvalue weighted by atomic mass is 35.5. The molecule has 172 valence electrons. The van der Waals surface area contributed by atoms with Gasteiger partial charge in [0.05, 0.1) is 31.9 Å². The van der Waals surface area contributed by atoms with Gasteiger partial charge >= 0.3 is 11.8 Å². The molecule has 0 fully saturated rings. The highest BCUT2D eigenvalue weighted by Gasteiger charge is 2.46. The summed E-state index contributed by atoms with van der Waals surface area (Å²) in [4.78, 5) is 25.8. The Labute approximate surface area is 202 Å². The lowest BCUT2D eigenvalue weighted by Crippen LogP contribution is -2.48. The van der Waals surface area contributed by atoms with E-state index in [1.807, 2.05) is 6.26 Å². The first-order valence-corrected chi connectivity index (χ1v) is 12.3. The number of hydrazone groups is 1. The second kappa shape index (κ2) is 8.33. The van der Waals surface area contributed by atoms with Gasteiger partial charge in [0.25, 0.3) is 0 Å². The Balaban J connectivity index is 1.64. The van der Waals surface area contributed by atoms with Gasteiger partial charge < -0.3 is 4.42 Å². The van der Waals surface area contributed by atoms with Crippen LogP contribution in [0, 0.1) is 0 Å². The van der Waals surface area contributed by atoms with Crippen LogP contribution in [0.1, 0.15) is 18.4 Å². The number of aliphatic imine (C=N–C) groups is 1. The number of rotatable bonds is 2. The molecule has 0 saturated carbocycles. The van der Waals surface area contributed by atoms with Gasteiger partial charge in [0.1, 0.15) is 16.1 Å². The SMILES string of the molecule is CSC1=NC2C=c3c(nc(C4CC(C(F)(F)F)=NN4c4ncccc4Cl)oc3=O)=C(Cl)C2S1. The van der Waals surface area contributed by atoms with Crippen molar-refractivity contribution in [1.82, 2.24) is 9.97 Å². The predicted molar refractivity (Wildman–Crippen MR) is 124 cm³/mol. The van der Waals surface area contributed by atoms with Gasteiger partial charge in [0, 0.05) is 12.6 Å². The zero-order chi connectivity index (χ0) is 23.5. The number of aromatic nitrogens is 2. The number of thioether (sulfide) groups is 2. The predicted octanol–water partition coefficient (Wildman–Crippen LogP) is 3.30. The first-order chi connectivity index (χ1) is 15.7. The number of halogens is 5. The molecular formula is C19H12Cl2F3N5O2S2. The minimum Gasteiger partial charge on any atom is -0.405 e. The van der Waals surface area contributed by atoms with Crippen LogP contribution in [0.5, 0.6) is 0 Å². The molecule has 3 aliphatic rings. The van der Waals surface area contributed by atoms with Crippen molar-refractivity contribution in [1.29, 1.82) is 0 Å². The zero-order valence-electron chi connectivity index (χ0n) is 16.5. The first-order valence-electron chi connectivity index (χ1n) is 9.43. The molecule has 7 nitrogen and oxygen atoms in total. The van der Waals surface area contributed by atoms with Gasteiger partial charge in [0.15, 0.2) is 5.82 Å². The number of hydrogen-bond donors (Lipinski definition) is 0. The van der Waals surface area contributed by atoms with E-state index in [0.29, 0.717) is 5.03 Å². The summed E-state index contributed by atoms with van der Waals surface area (Å²) in [6.07, 6.45) is -0.419. The molecule has 2 aliphatic heterocycles. The van der Waals surface area contributed by atoms with Crippen LogP contribution in [0.3, 0.4) is 0 Å². The Kier molecular flexibility index (Phi) is 5.74. The third-order valence-electron chi connectivity index (χ3n) is 5.15. The second-order valence-electron chi connectivity index (χ2n) is 7.16. The lowest BCUT2D eigenvalue weighted by Gasteiger charge is -2.22. The van der Waals surface area contributed by atoms with E-state index in [0.717, 1.165) is 9.38 Å². The summed E-state index contributed by atoms with van der Waals surface area (Å²) in [6, 6.07) is 1.47. The fourth-order valence-corrected chi connectivity index (χ4v) is 6.09. The van der Waals surface area contributed by atoms with Gasteiger partial charge in [-0.2, -0.15) is 18.3 Å². The van der Waals surface area contributed by atoms with E-state index in [-0.39, 0.29) is 38.6 Å². The fraction of sp³-hybridized carbons (Fsp3) is 0.316. The maximum atomic E-state index is 13.5. The summed E-state index contributed by atoms with van der Waals surface area (Å²) in [6.45, 7) is 0. The van der Waals surface area contributed by atoms with Crippen LogP contribution in [0.4, 0.5) is 19.0 Å². The van der Waals surface area contributed by atoms with Crippen molar-refractivity contribution in [3.63, 3.8) is 0 Å². The topological polar surface area (TPSA) is 83.9 Å². The van der Waals surface area contributed by atoms with E-state index >= 15 is 0 Å². The van der Waals surface area contributed by atoms with Crippen molar-refractivity contribution < 1.29 is 17.6 Å². The van der Waals surface area contributed by atoms with Crippen LogP contribution in [0.25, 0.3) is 11.1 Å². The van der Waals surface area contributed by atoms with Gasteiger partial charge in [-0.25, -0.2) is 19.8 Å². The Hall–Kier alpha value is -2.02. The summed E-state index contributed by atoms with van der Waals surface area (Å²) in [5, 5.41) is 5.07. The van der Waals surface area contributed by atoms with Crippen molar-refractivity contribution in [3.8, 4) is 0 Å². The fourth-order valence-electron chi connectivity index (χ4n) is 3.66. The average Bonchev–Trinajstić information content (AvgIpc) is 3.39. The van der Waals surface area contributed by atoms with E-state index in [9.17, 15) is 18.0 Å². The van der Waals surface area contributed by atoms with Crippen molar-refractivity contribution in [2.24, 2.45) is 10.1 Å². The minimum absolute atomic E-state index is 0.0170. The summed E-state index contributed by atoms with van der Waals surface area (Å²) in [5.41, 5.74) is -1.83. The minimum atomic E-state index is -4.69. The molecule has 1 aliphatic carbocycles. The third kappa shape index (κ3) is 3.96. The van der Waals surface area contributed by atoms with Gasteiger partial charge in [-0.1, -0.05) is 35.0 Å². The molecule has 4 heterocycles. The smallest absolute Gasteiger partial charge is 0.405 e. The molecule has 14 heteroatoms. The lowest BCUT2D eigenvalue weighted by atomic mass is 10.1. The molecule has 33 heavy (non-hydrogen) atoms. The van der Waals surface area contributed by atoms with E-state index in [1.54, 1.807) is 6.08 Å². The third-order valence-corrected chi connectivity index (χ3v) is 8.31. The molecular weight excluding hydrogens is 522 g/mol. The van der Waals surface area contributed by atoms with Crippen molar-refractivity contribution in [2.45, 2.75) is 29.9 Å². The van der Waals surface area contributed by atoms with E-state index in [1.165, 1.54) is 41.9 Å². The Bertz CT molecular complexity index is 1400. The second-order valence-corrected chi connectivity index (χ2v) is 10.2. The molecule has 0 saturated heterocycles. The largest absolute Gasteiger partial charge is 0.431 e. The molecule has 0 radical (unpaired) electrons. The Morgan fingerprint density at radius 3 is 2.82 bits per heavy atom. The van der Waals surface area contributed by atoms with Crippen molar-refractivity contribution in [3.05, 3.63) is 50.2 Å². The van der Waals surface area contributed by atoms with Crippen molar-refractivity contribution in [2.75, 3.05) is 11.3 Å². The monoisotopic (exact) mass is 533 g/mol. The first kappa shape index (κ1) is 22.8. The quantitative estimate of drug-likeness (QED) is 0.585. The molecule has 3 unspecified atom stereocenters. The molecule has 2 aromatic heterocycles. The highest BCUT2D eigenvalue weighted by Crippen LogP contribution is 2.41. The molecule has 0 aromatic carbocycles. The summed E-state index contributed by atoms with van der Waals surface area (Å²) >= 11 is 15.7. The molecule has 2 aromatic rings. The van der Waals surface area contributed by atoms with Crippen LogP contribution in [0.15, 0.2) is 37.6 Å². The molecule has 3 atom stereocenters. The summed E-state index contributed by atoms with van der Waals surface area (Å²) in [7, 11) is 0. The lowest BCUT2D eigenvalue weighted by molar-refractivity contribution is -0.0600. The van der Waals surface area contributed by atoms with Crippen LogP contribution in [-0.2, 0) is 0 Å². The van der Waals surface area contributed by atoms with Gasteiger partial charge in [-0.15, -0.1) is 11.8 Å². The summed E-state index contributed by atoms with van der Waals surface area (Å²) < 4.78 is 46.7. The molecule has 0 N–H and O–H groups in total. The van der Waals surface area contributed by atoms with Crippen molar-refractivity contribution >= 4 is 73.7 Å². The maximum Gasteiger partial charge on any atom is 0.431 e. The number of nitrogens with zero attached hydrogens (tertiary/aromatic N) is 5. The molecule has 5 rings (SSSR count). The zero-order valence-corrected chi connectivity index (χ0v) is 19.7. The number of alkyl halides is 3. The van der Waals surface area contributed by atoms with Crippen LogP contribution in [0.2, 0.25) is 5.02 Å². The number of fused-ring (bicyclic) bond motifs is 2. The van der Waals surface area contributed by atoms with Gasteiger partial charge in [-0.05, 0) is 24.5 Å². The molecule has 0 spiro atoms. The standard InChI is InChI=1S/C19H12Cl2F3N5O2S2/c1-32-18-26-9-5-7-13(12(21)14(9)33-18)27-16(31-17(7)30)10-6-11(19(22,23)24)28-29(10)15-8(20)3-2-4-25-15/h2-5,9-10,14H,6H2,1H3. The highest BCUT2D eigenvalue weighted by molar-refractivity contribution is 8.39. The van der Waals surface area contributed by atoms with Crippen LogP contribution < -0.4 is 21.2 Å². The molecule has 0 amide bonds. The number of hydrogen-bond acceptors (Lipinski definition) is 9. The normalized spacial score (nSPS) is 24.2. The number of pyridine rings is 1. The van der Waals surface area contributed by atoms with E-state index < -0.39 is 30.0 Å². The Morgan fingerprint density at radius 1 is 1.33 bits per heavy atom.